The average Bonchev–Trinajstić information content (AvgIpc) is 3.18. The number of amides is 1. The van der Waals surface area contributed by atoms with Gasteiger partial charge >= 0.3 is 0 Å². The van der Waals surface area contributed by atoms with Gasteiger partial charge in [0.25, 0.3) is 5.91 Å². The van der Waals surface area contributed by atoms with E-state index in [1.807, 2.05) is 27.7 Å². The minimum absolute atomic E-state index is 0. The van der Waals surface area contributed by atoms with Crippen molar-refractivity contribution >= 4 is 29.7 Å². The van der Waals surface area contributed by atoms with Gasteiger partial charge in [-0.25, -0.2) is 4.68 Å². The van der Waals surface area contributed by atoms with E-state index in [0.717, 1.165) is 5.56 Å². The average molecular weight is 521 g/mol. The number of hydrogen-bond acceptors (Lipinski definition) is 8. The highest BCUT2D eigenvalue weighted by Gasteiger charge is 2.25. The minimum Gasteiger partial charge on any atom is -0.493 e. The molecular weight excluding hydrogens is 488 g/mol. The summed E-state index contributed by atoms with van der Waals surface area (Å²) in [4.78, 5) is 29.8. The number of methoxy groups -OCH3 is 1. The summed E-state index contributed by atoms with van der Waals surface area (Å²) in [5, 5.41) is 20.7. The summed E-state index contributed by atoms with van der Waals surface area (Å²) in [6.07, 6.45) is 0. The number of ketones is 1. The van der Waals surface area contributed by atoms with Crippen LogP contribution in [0.1, 0.15) is 52.7 Å². The first-order valence-corrected chi connectivity index (χ1v) is 11.2. The third-order valence-corrected chi connectivity index (χ3v) is 5.44. The largest absolute Gasteiger partial charge is 0.493 e. The van der Waals surface area contributed by atoms with Crippen molar-refractivity contribution in [3.8, 4) is 11.5 Å². The Kier molecular flexibility index (Phi) is 9.22. The molecule has 0 aliphatic heterocycles. The number of nitrogens with one attached hydrogen (secondary N) is 1. The number of hydrogen-bond donors (Lipinski definition) is 2. The Morgan fingerprint density at radius 2 is 1.89 bits per heavy atom. The third kappa shape index (κ3) is 5.68. The smallest absolute Gasteiger partial charge is 0.271 e. The molecular formula is C24H33ClN6O5. The Morgan fingerprint density at radius 3 is 2.44 bits per heavy atom. The van der Waals surface area contributed by atoms with E-state index in [1.165, 1.54) is 16.2 Å². The predicted molar refractivity (Wildman–Crippen MR) is 136 cm³/mol. The van der Waals surface area contributed by atoms with Crippen LogP contribution in [0.15, 0.2) is 23.2 Å². The van der Waals surface area contributed by atoms with Crippen molar-refractivity contribution in [2.45, 2.75) is 39.7 Å². The number of ether oxygens (including phenoxy) is 2. The van der Waals surface area contributed by atoms with E-state index in [9.17, 15) is 14.7 Å². The van der Waals surface area contributed by atoms with Gasteiger partial charge in [0.15, 0.2) is 22.9 Å². The molecule has 0 fully saturated rings. The molecule has 0 aliphatic carbocycles. The van der Waals surface area contributed by atoms with E-state index >= 15 is 0 Å². The van der Waals surface area contributed by atoms with E-state index in [1.54, 1.807) is 32.4 Å². The monoisotopic (exact) mass is 520 g/mol. The number of Topliss-reactive ketones (excluding diaryl/α,β-unsaturated/α-hetero) is 1. The summed E-state index contributed by atoms with van der Waals surface area (Å²) < 4.78 is 14.2. The lowest BCUT2D eigenvalue weighted by Gasteiger charge is -2.25. The summed E-state index contributed by atoms with van der Waals surface area (Å²) >= 11 is 0. The molecule has 0 saturated carbocycles. The van der Waals surface area contributed by atoms with Crippen molar-refractivity contribution in [2.24, 2.45) is 4.99 Å². The maximum absolute atomic E-state index is 13.4. The molecule has 1 amide bonds. The van der Waals surface area contributed by atoms with Gasteiger partial charge in [-0.2, -0.15) is 9.61 Å². The van der Waals surface area contributed by atoms with Gasteiger partial charge in [0.2, 0.25) is 5.62 Å². The van der Waals surface area contributed by atoms with E-state index < -0.39 is 0 Å². The maximum atomic E-state index is 13.4. The minimum atomic E-state index is -0.337. The van der Waals surface area contributed by atoms with Crippen molar-refractivity contribution in [1.82, 2.24) is 24.7 Å². The summed E-state index contributed by atoms with van der Waals surface area (Å²) in [5.74, 6) is 0.338. The van der Waals surface area contributed by atoms with Gasteiger partial charge in [0.05, 0.1) is 13.7 Å². The van der Waals surface area contributed by atoms with Crippen LogP contribution in [-0.4, -0.2) is 70.6 Å². The third-order valence-electron chi connectivity index (χ3n) is 5.44. The highest BCUT2D eigenvalue weighted by Crippen LogP contribution is 2.39. The van der Waals surface area contributed by atoms with E-state index in [4.69, 9.17) is 9.47 Å². The van der Waals surface area contributed by atoms with Crippen LogP contribution in [0.25, 0.3) is 5.65 Å². The fraction of sp³-hybridized carbons (Fsp3) is 0.458. The van der Waals surface area contributed by atoms with Crippen molar-refractivity contribution in [2.75, 3.05) is 34.4 Å². The van der Waals surface area contributed by atoms with Crippen molar-refractivity contribution in [1.29, 1.82) is 0 Å². The number of carbonyl (C=O) groups excluding carboxylic acids is 2. The molecule has 0 unspecified atom stereocenters. The van der Waals surface area contributed by atoms with E-state index in [0.29, 0.717) is 33.9 Å². The fourth-order valence-electron chi connectivity index (χ4n) is 3.73. The Balaban J connectivity index is 0.00000456. The Morgan fingerprint density at radius 1 is 1.19 bits per heavy atom. The Labute approximate surface area is 215 Å². The highest BCUT2D eigenvalue weighted by atomic mass is 35.5. The lowest BCUT2D eigenvalue weighted by atomic mass is 9.84. The van der Waals surface area contributed by atoms with Gasteiger partial charge in [0.1, 0.15) is 18.8 Å². The molecule has 12 heteroatoms. The first kappa shape index (κ1) is 28.8. The molecule has 0 aliphatic rings. The van der Waals surface area contributed by atoms with Crippen LogP contribution >= 0.6 is 12.4 Å². The van der Waals surface area contributed by atoms with Crippen LogP contribution < -0.4 is 20.4 Å². The predicted octanol–water partition coefficient (Wildman–Crippen LogP) is 1.71. The standard InChI is InChI=1S/C24H32N6O5.ClH/c1-14-10-17(22(33)25-5)27-30-21(14)28-29(23(30)26-6)13-18(32)15-11-16(24(2,3)4)20(34-7)19(12-15)35-9-8-31;/h10-12,31H,8-9,13H2,1-7H3,(H,25,33);1H/b26-23+;. The van der Waals surface area contributed by atoms with Gasteiger partial charge in [-0.15, -0.1) is 17.5 Å². The molecule has 3 aromatic rings. The van der Waals surface area contributed by atoms with Crippen LogP contribution in [-0.2, 0) is 12.0 Å². The first-order valence-electron chi connectivity index (χ1n) is 11.2. The Hall–Kier alpha value is -3.44. The number of aliphatic hydroxyl groups excluding tert-OH is 1. The topological polar surface area (TPSA) is 132 Å². The number of aryl methyl sites for hydroxylation is 1. The molecule has 0 bridgehead atoms. The highest BCUT2D eigenvalue weighted by molar-refractivity contribution is 5.97. The molecule has 3 rings (SSSR count). The normalized spacial score (nSPS) is 11.8. The van der Waals surface area contributed by atoms with Gasteiger partial charge in [0, 0.05) is 25.2 Å². The van der Waals surface area contributed by atoms with Crippen LogP contribution in [0.4, 0.5) is 0 Å². The zero-order chi connectivity index (χ0) is 25.9. The summed E-state index contributed by atoms with van der Waals surface area (Å²) in [6.45, 7) is 7.63. The number of rotatable bonds is 8. The molecule has 0 radical (unpaired) electrons. The zero-order valence-electron chi connectivity index (χ0n) is 21.6. The van der Waals surface area contributed by atoms with Gasteiger partial charge in [-0.3, -0.25) is 14.6 Å². The second-order valence-corrected chi connectivity index (χ2v) is 9.01. The molecule has 0 saturated heterocycles. The van der Waals surface area contributed by atoms with Crippen LogP contribution in [0, 0.1) is 6.92 Å². The van der Waals surface area contributed by atoms with E-state index in [2.05, 4.69) is 20.5 Å². The number of nitrogens with zero attached hydrogens (tertiary/aromatic N) is 5. The molecule has 11 nitrogen and oxygen atoms in total. The quantitative estimate of drug-likeness (QED) is 0.432. The van der Waals surface area contributed by atoms with Crippen LogP contribution in [0.2, 0.25) is 0 Å². The summed E-state index contributed by atoms with van der Waals surface area (Å²) in [7, 11) is 4.64. The fourth-order valence-corrected chi connectivity index (χ4v) is 3.73. The molecule has 196 valence electrons. The van der Waals surface area contributed by atoms with Crippen molar-refractivity contribution < 1.29 is 24.2 Å². The number of carbonyl (C=O) groups is 2. The number of fused-ring (bicyclic) bond motifs is 1. The van der Waals surface area contributed by atoms with Gasteiger partial charge < -0.3 is 19.9 Å². The molecule has 2 N–H and O–H groups in total. The molecule has 2 aromatic heterocycles. The number of aromatic nitrogens is 4. The molecule has 0 atom stereocenters. The lowest BCUT2D eigenvalue weighted by molar-refractivity contribution is 0.0950. The zero-order valence-corrected chi connectivity index (χ0v) is 22.4. The molecule has 1 aromatic carbocycles. The number of halogens is 1. The molecule has 2 heterocycles. The second kappa shape index (κ2) is 11.5. The van der Waals surface area contributed by atoms with Crippen LogP contribution in [0.5, 0.6) is 11.5 Å². The number of aliphatic hydroxyl groups is 1. The first-order chi connectivity index (χ1) is 16.5. The van der Waals surface area contributed by atoms with Crippen LogP contribution in [0.3, 0.4) is 0 Å². The Bertz CT molecular complexity index is 1340. The van der Waals surface area contributed by atoms with Crippen molar-refractivity contribution in [3.05, 3.63) is 46.2 Å². The summed E-state index contributed by atoms with van der Waals surface area (Å²) in [6, 6.07) is 5.04. The lowest BCUT2D eigenvalue weighted by Crippen LogP contribution is -2.29. The SMILES string of the molecule is C/N=c1\n(CC(=O)c2cc(OCCO)c(OC)c(C(C)(C)C)c2)nc2c(C)cc(C(=O)NC)nn12.Cl. The summed E-state index contributed by atoms with van der Waals surface area (Å²) in [5.41, 5.74) is 2.61. The van der Waals surface area contributed by atoms with Gasteiger partial charge in [-0.1, -0.05) is 20.8 Å². The van der Waals surface area contributed by atoms with E-state index in [-0.39, 0.29) is 55.0 Å². The molecule has 0 spiro atoms. The molecule has 36 heavy (non-hydrogen) atoms. The number of benzene rings is 1. The maximum Gasteiger partial charge on any atom is 0.271 e. The van der Waals surface area contributed by atoms with Gasteiger partial charge in [-0.05, 0) is 36.1 Å². The second-order valence-electron chi connectivity index (χ2n) is 9.01. The van der Waals surface area contributed by atoms with Crippen molar-refractivity contribution in [3.63, 3.8) is 0 Å².